The van der Waals surface area contributed by atoms with Crippen molar-refractivity contribution < 1.29 is 9.47 Å². The van der Waals surface area contributed by atoms with Crippen LogP contribution < -0.4 is 20.8 Å². The number of para-hydroxylation sites is 2. The summed E-state index contributed by atoms with van der Waals surface area (Å²) < 4.78 is 11.3. The van der Waals surface area contributed by atoms with Gasteiger partial charge in [0.25, 0.3) is 5.56 Å². The molecular weight excluding hydrogens is 234 g/mol. The fraction of sp³-hybridized carbons (Fsp3) is 0.167. The van der Waals surface area contributed by atoms with E-state index < -0.39 is 6.10 Å². The van der Waals surface area contributed by atoms with Crippen molar-refractivity contribution in [3.05, 3.63) is 46.6 Å². The maximum Gasteiger partial charge on any atom is 0.274 e. The second-order valence-electron chi connectivity index (χ2n) is 3.92. The van der Waals surface area contributed by atoms with Crippen LogP contribution in [0.3, 0.4) is 0 Å². The van der Waals surface area contributed by atoms with Gasteiger partial charge in [-0.2, -0.15) is 0 Å². The number of fused-ring (bicyclic) bond motifs is 1. The minimum absolute atomic E-state index is 0.0795. The average molecular weight is 245 g/mol. The van der Waals surface area contributed by atoms with Crippen LogP contribution in [0.1, 0.15) is 11.9 Å². The van der Waals surface area contributed by atoms with E-state index in [-0.39, 0.29) is 11.2 Å². The number of hydrogen-bond acceptors (Lipinski definition) is 5. The van der Waals surface area contributed by atoms with Crippen molar-refractivity contribution in [2.45, 2.75) is 6.10 Å². The van der Waals surface area contributed by atoms with E-state index in [1.54, 1.807) is 6.07 Å². The molecule has 2 aromatic rings. The van der Waals surface area contributed by atoms with Crippen LogP contribution in [0.4, 0.5) is 5.69 Å². The predicted molar refractivity (Wildman–Crippen MR) is 64.6 cm³/mol. The first-order valence-corrected chi connectivity index (χ1v) is 5.47. The lowest BCUT2D eigenvalue weighted by Crippen LogP contribution is -2.26. The number of rotatable bonds is 1. The van der Waals surface area contributed by atoms with Crippen LogP contribution in [0.2, 0.25) is 0 Å². The topological polar surface area (TPSA) is 90.2 Å². The zero-order chi connectivity index (χ0) is 12.5. The Labute approximate surface area is 102 Å². The molecule has 1 aromatic heterocycles. The molecule has 1 aromatic carbocycles. The molecule has 0 saturated heterocycles. The van der Waals surface area contributed by atoms with Crippen molar-refractivity contribution in [1.29, 1.82) is 0 Å². The molecule has 0 aliphatic carbocycles. The summed E-state index contributed by atoms with van der Waals surface area (Å²) in [6, 6.07) is 7.34. The van der Waals surface area contributed by atoms with E-state index in [2.05, 4.69) is 9.97 Å². The molecule has 0 amide bonds. The quantitative estimate of drug-likeness (QED) is 0.777. The molecule has 1 aliphatic heterocycles. The van der Waals surface area contributed by atoms with Gasteiger partial charge >= 0.3 is 0 Å². The van der Waals surface area contributed by atoms with Gasteiger partial charge in [0.05, 0.1) is 6.20 Å². The van der Waals surface area contributed by atoms with Gasteiger partial charge in [0, 0.05) is 0 Å². The van der Waals surface area contributed by atoms with Gasteiger partial charge in [-0.15, -0.1) is 0 Å². The zero-order valence-electron chi connectivity index (χ0n) is 9.42. The smallest absolute Gasteiger partial charge is 0.274 e. The van der Waals surface area contributed by atoms with Gasteiger partial charge < -0.3 is 20.2 Å². The van der Waals surface area contributed by atoms with E-state index in [1.165, 1.54) is 6.20 Å². The molecule has 0 bridgehead atoms. The standard InChI is InChI=1S/C12H11N3O3/c13-7-5-14-11(15-12(7)16)10-6-17-8-3-1-2-4-9(8)18-10/h1-5,10H,6,13H2,(H,14,15,16). The summed E-state index contributed by atoms with van der Waals surface area (Å²) >= 11 is 0. The predicted octanol–water partition coefficient (Wildman–Crippen LogP) is 0.865. The molecule has 0 spiro atoms. The minimum Gasteiger partial charge on any atom is -0.485 e. The number of benzene rings is 1. The molecule has 3 rings (SSSR count). The second kappa shape index (κ2) is 4.06. The van der Waals surface area contributed by atoms with Gasteiger partial charge in [-0.1, -0.05) is 12.1 Å². The highest BCUT2D eigenvalue weighted by Crippen LogP contribution is 2.34. The number of anilines is 1. The Kier molecular flexibility index (Phi) is 2.40. The third-order valence-corrected chi connectivity index (χ3v) is 2.66. The van der Waals surface area contributed by atoms with E-state index >= 15 is 0 Å². The van der Waals surface area contributed by atoms with E-state index in [4.69, 9.17) is 15.2 Å². The molecular formula is C12H11N3O3. The molecule has 6 nitrogen and oxygen atoms in total. The summed E-state index contributed by atoms with van der Waals surface area (Å²) in [6.45, 7) is 0.296. The highest BCUT2D eigenvalue weighted by atomic mass is 16.6. The number of H-pyrrole nitrogens is 1. The Hall–Kier alpha value is -2.50. The molecule has 2 heterocycles. The Morgan fingerprint density at radius 2 is 2.11 bits per heavy atom. The first-order valence-electron chi connectivity index (χ1n) is 5.47. The second-order valence-corrected chi connectivity index (χ2v) is 3.92. The van der Waals surface area contributed by atoms with Gasteiger partial charge in [-0.25, -0.2) is 4.98 Å². The number of ether oxygens (including phenoxy) is 2. The first kappa shape index (κ1) is 10.6. The Morgan fingerprint density at radius 1 is 1.33 bits per heavy atom. The number of nitrogens with zero attached hydrogens (tertiary/aromatic N) is 1. The molecule has 3 N–H and O–H groups in total. The average Bonchev–Trinajstić information content (AvgIpc) is 2.41. The summed E-state index contributed by atoms with van der Waals surface area (Å²) in [5.41, 5.74) is 5.12. The van der Waals surface area contributed by atoms with Crippen molar-refractivity contribution in [1.82, 2.24) is 9.97 Å². The van der Waals surface area contributed by atoms with Crippen LogP contribution in [0, 0.1) is 0 Å². The third-order valence-electron chi connectivity index (χ3n) is 2.66. The number of aromatic nitrogens is 2. The number of aromatic amines is 1. The monoisotopic (exact) mass is 245 g/mol. The fourth-order valence-corrected chi connectivity index (χ4v) is 1.74. The summed E-state index contributed by atoms with van der Waals surface area (Å²) in [5, 5.41) is 0. The zero-order valence-corrected chi connectivity index (χ0v) is 9.42. The molecule has 0 radical (unpaired) electrons. The molecule has 0 saturated carbocycles. The van der Waals surface area contributed by atoms with Crippen LogP contribution in [0.15, 0.2) is 35.3 Å². The maximum absolute atomic E-state index is 11.4. The van der Waals surface area contributed by atoms with Crippen LogP contribution in [0.5, 0.6) is 11.5 Å². The third kappa shape index (κ3) is 1.77. The van der Waals surface area contributed by atoms with Gasteiger partial charge in [-0.3, -0.25) is 4.79 Å². The maximum atomic E-state index is 11.4. The van der Waals surface area contributed by atoms with Crippen LogP contribution in [-0.4, -0.2) is 16.6 Å². The molecule has 6 heteroatoms. The Bertz CT molecular complexity index is 638. The van der Waals surface area contributed by atoms with Crippen molar-refractivity contribution in [3.63, 3.8) is 0 Å². The van der Waals surface area contributed by atoms with Crippen molar-refractivity contribution in [2.24, 2.45) is 0 Å². The lowest BCUT2D eigenvalue weighted by Gasteiger charge is -2.25. The van der Waals surface area contributed by atoms with E-state index in [0.717, 1.165) is 0 Å². The van der Waals surface area contributed by atoms with Crippen molar-refractivity contribution in [2.75, 3.05) is 12.3 Å². The number of nitrogen functional groups attached to an aromatic ring is 1. The summed E-state index contributed by atoms with van der Waals surface area (Å²) in [6.07, 6.45) is 0.881. The molecule has 1 aliphatic rings. The van der Waals surface area contributed by atoms with Gasteiger partial charge in [0.2, 0.25) is 0 Å². The molecule has 92 valence electrons. The minimum atomic E-state index is -0.437. The van der Waals surface area contributed by atoms with Crippen molar-refractivity contribution >= 4 is 5.69 Å². The van der Waals surface area contributed by atoms with Crippen LogP contribution >= 0.6 is 0 Å². The largest absolute Gasteiger partial charge is 0.485 e. The van der Waals surface area contributed by atoms with E-state index in [1.807, 2.05) is 18.2 Å². The van der Waals surface area contributed by atoms with Crippen LogP contribution in [0.25, 0.3) is 0 Å². The summed E-state index contributed by atoms with van der Waals surface area (Å²) in [7, 11) is 0. The molecule has 1 unspecified atom stereocenters. The normalized spacial score (nSPS) is 17.4. The molecule has 0 fully saturated rings. The molecule has 18 heavy (non-hydrogen) atoms. The highest BCUT2D eigenvalue weighted by molar-refractivity contribution is 5.41. The SMILES string of the molecule is Nc1cnc(C2COc3ccccc3O2)[nH]c1=O. The van der Waals surface area contributed by atoms with Gasteiger partial charge in [-0.05, 0) is 12.1 Å². The Balaban J connectivity index is 1.92. The number of nitrogens with one attached hydrogen (secondary N) is 1. The lowest BCUT2D eigenvalue weighted by molar-refractivity contribution is 0.0849. The van der Waals surface area contributed by atoms with Gasteiger partial charge in [0.1, 0.15) is 12.3 Å². The first-order chi connectivity index (χ1) is 8.74. The molecule has 1 atom stereocenters. The number of nitrogens with two attached hydrogens (primary N) is 1. The fourth-order valence-electron chi connectivity index (χ4n) is 1.74. The van der Waals surface area contributed by atoms with E-state index in [9.17, 15) is 4.79 Å². The van der Waals surface area contributed by atoms with Crippen molar-refractivity contribution in [3.8, 4) is 11.5 Å². The number of hydrogen-bond donors (Lipinski definition) is 2. The highest BCUT2D eigenvalue weighted by Gasteiger charge is 2.24. The lowest BCUT2D eigenvalue weighted by atomic mass is 10.2. The van der Waals surface area contributed by atoms with Crippen LogP contribution in [-0.2, 0) is 0 Å². The summed E-state index contributed by atoms with van der Waals surface area (Å²) in [4.78, 5) is 18.0. The van der Waals surface area contributed by atoms with Gasteiger partial charge in [0.15, 0.2) is 23.4 Å². The Morgan fingerprint density at radius 3 is 2.89 bits per heavy atom. The summed E-state index contributed by atoms with van der Waals surface area (Å²) in [5.74, 6) is 1.73. The van der Waals surface area contributed by atoms with E-state index in [0.29, 0.717) is 23.9 Å².